The van der Waals surface area contributed by atoms with Crippen molar-refractivity contribution in [2.45, 2.75) is 31.3 Å². The van der Waals surface area contributed by atoms with Crippen LogP contribution in [0.15, 0.2) is 29.2 Å². The van der Waals surface area contributed by atoms with Crippen molar-refractivity contribution in [1.29, 1.82) is 0 Å². The predicted octanol–water partition coefficient (Wildman–Crippen LogP) is 0.865. The van der Waals surface area contributed by atoms with Crippen LogP contribution in [0.4, 0.5) is 0 Å². The molecule has 7 nitrogen and oxygen atoms in total. The fourth-order valence-electron chi connectivity index (χ4n) is 2.19. The van der Waals surface area contributed by atoms with E-state index in [9.17, 15) is 18.0 Å². The molecule has 1 aliphatic rings. The maximum atomic E-state index is 12.4. The van der Waals surface area contributed by atoms with Gasteiger partial charge < -0.3 is 10.2 Å². The van der Waals surface area contributed by atoms with Gasteiger partial charge in [0.1, 0.15) is 6.54 Å². The van der Waals surface area contributed by atoms with Crippen LogP contribution in [0.2, 0.25) is 0 Å². The van der Waals surface area contributed by atoms with E-state index in [1.54, 1.807) is 19.2 Å². The predicted molar refractivity (Wildman–Crippen MR) is 97.4 cm³/mol. The van der Waals surface area contributed by atoms with Gasteiger partial charge in [-0.25, -0.2) is 8.42 Å². The number of nitrogens with zero attached hydrogens (tertiary/aromatic N) is 2. The van der Waals surface area contributed by atoms with Crippen LogP contribution in [0.1, 0.15) is 19.4 Å². The summed E-state index contributed by atoms with van der Waals surface area (Å²) in [4.78, 5) is 25.1. The number of hydrogen-bond acceptors (Lipinski definition) is 5. The first-order valence-corrected chi connectivity index (χ1v) is 10.5. The highest BCUT2D eigenvalue weighted by Crippen LogP contribution is 2.17. The fourth-order valence-corrected chi connectivity index (χ4v) is 4.47. The summed E-state index contributed by atoms with van der Waals surface area (Å²) in [5, 5.41) is 2.74. The van der Waals surface area contributed by atoms with E-state index in [0.29, 0.717) is 11.6 Å². The number of nitrogens with one attached hydrogen (secondary N) is 1. The fraction of sp³-hybridized carbons (Fsp3) is 0.500. The van der Waals surface area contributed by atoms with Crippen molar-refractivity contribution in [3.8, 4) is 0 Å². The third-order valence-corrected chi connectivity index (χ3v) is 6.97. The van der Waals surface area contributed by atoms with Gasteiger partial charge in [0.15, 0.2) is 0 Å². The van der Waals surface area contributed by atoms with Crippen molar-refractivity contribution in [2.24, 2.45) is 0 Å². The van der Waals surface area contributed by atoms with Gasteiger partial charge in [0.05, 0.1) is 16.5 Å². The number of amides is 2. The number of sulfonamides is 1. The summed E-state index contributed by atoms with van der Waals surface area (Å²) in [5.74, 6) is 0.715. The number of rotatable bonds is 7. The summed E-state index contributed by atoms with van der Waals surface area (Å²) < 4.78 is 26.1. The number of carbonyl (C=O) groups excluding carboxylic acids is 2. The van der Waals surface area contributed by atoms with Crippen LogP contribution in [0.5, 0.6) is 0 Å². The minimum Gasteiger partial charge on any atom is -0.350 e. The lowest BCUT2D eigenvalue weighted by Gasteiger charge is -2.21. The minimum absolute atomic E-state index is 0.0241. The van der Waals surface area contributed by atoms with E-state index in [1.807, 2.05) is 13.8 Å². The molecule has 0 spiro atoms. The molecule has 1 fully saturated rings. The lowest BCUT2D eigenvalue weighted by atomic mass is 10.2. The molecule has 25 heavy (non-hydrogen) atoms. The van der Waals surface area contributed by atoms with E-state index in [1.165, 1.54) is 33.1 Å². The summed E-state index contributed by atoms with van der Waals surface area (Å²) in [5.41, 5.74) is 0.793. The highest BCUT2D eigenvalue weighted by molar-refractivity contribution is 8.00. The lowest BCUT2D eigenvalue weighted by Crippen LogP contribution is -2.37. The first-order valence-electron chi connectivity index (χ1n) is 7.91. The van der Waals surface area contributed by atoms with Gasteiger partial charge in [-0.2, -0.15) is 4.31 Å². The molecule has 0 bridgehead atoms. The second kappa shape index (κ2) is 8.20. The molecule has 0 atom stereocenters. The normalized spacial score (nSPS) is 15.2. The number of carbonyl (C=O) groups is 2. The van der Waals surface area contributed by atoms with Crippen molar-refractivity contribution >= 4 is 33.6 Å². The van der Waals surface area contributed by atoms with Crippen LogP contribution < -0.4 is 5.32 Å². The van der Waals surface area contributed by atoms with Crippen molar-refractivity contribution in [3.05, 3.63) is 29.8 Å². The molecule has 1 aliphatic heterocycles. The largest absolute Gasteiger partial charge is 0.350 e. The summed E-state index contributed by atoms with van der Waals surface area (Å²) >= 11 is 1.49. The number of thioether (sulfide) groups is 1. The Labute approximate surface area is 152 Å². The average Bonchev–Trinajstić information content (AvgIpc) is 2.97. The van der Waals surface area contributed by atoms with Crippen molar-refractivity contribution in [2.75, 3.05) is 25.2 Å². The van der Waals surface area contributed by atoms with Gasteiger partial charge in [-0.15, -0.1) is 11.8 Å². The Morgan fingerprint density at radius 3 is 2.48 bits per heavy atom. The molecule has 0 saturated carbocycles. The van der Waals surface area contributed by atoms with E-state index in [-0.39, 0.29) is 35.8 Å². The van der Waals surface area contributed by atoms with Gasteiger partial charge in [-0.1, -0.05) is 12.1 Å². The molecule has 138 valence electrons. The van der Waals surface area contributed by atoms with Gasteiger partial charge in [-0.05, 0) is 31.5 Å². The van der Waals surface area contributed by atoms with Crippen molar-refractivity contribution < 1.29 is 18.0 Å². The van der Waals surface area contributed by atoms with Crippen LogP contribution in [0.25, 0.3) is 0 Å². The Bertz CT molecular complexity index is 732. The van der Waals surface area contributed by atoms with Gasteiger partial charge in [0, 0.05) is 19.6 Å². The molecule has 9 heteroatoms. The number of hydrogen-bond donors (Lipinski definition) is 1. The smallest absolute Gasteiger partial charge is 0.243 e. The van der Waals surface area contributed by atoms with Crippen LogP contribution >= 0.6 is 11.8 Å². The Morgan fingerprint density at radius 1 is 1.32 bits per heavy atom. The highest BCUT2D eigenvalue weighted by atomic mass is 32.2. The van der Waals surface area contributed by atoms with E-state index in [0.717, 1.165) is 5.56 Å². The Morgan fingerprint density at radius 2 is 1.96 bits per heavy atom. The lowest BCUT2D eigenvalue weighted by molar-refractivity contribution is -0.132. The average molecular weight is 386 g/mol. The zero-order valence-corrected chi connectivity index (χ0v) is 16.2. The molecule has 2 amide bonds. The topological polar surface area (TPSA) is 86.8 Å². The Hall–Kier alpha value is -1.58. The first-order chi connectivity index (χ1) is 11.7. The summed E-state index contributed by atoms with van der Waals surface area (Å²) in [6, 6.07) is 6.30. The molecule has 1 aromatic carbocycles. The number of benzene rings is 1. The maximum absolute atomic E-state index is 12.4. The maximum Gasteiger partial charge on any atom is 0.243 e. The molecular weight excluding hydrogens is 362 g/mol. The quantitative estimate of drug-likeness (QED) is 0.752. The zero-order valence-electron chi connectivity index (χ0n) is 14.6. The van der Waals surface area contributed by atoms with Crippen molar-refractivity contribution in [1.82, 2.24) is 14.5 Å². The molecule has 1 N–H and O–H groups in total. The van der Waals surface area contributed by atoms with Crippen LogP contribution in [-0.4, -0.2) is 60.7 Å². The molecule has 1 saturated heterocycles. The monoisotopic (exact) mass is 385 g/mol. The molecule has 0 aromatic heterocycles. The molecule has 0 aliphatic carbocycles. The van der Waals surface area contributed by atoms with Crippen molar-refractivity contribution in [3.63, 3.8) is 0 Å². The Kier molecular flexibility index (Phi) is 6.47. The minimum atomic E-state index is -3.51. The zero-order chi connectivity index (χ0) is 18.6. The highest BCUT2D eigenvalue weighted by Gasteiger charge is 2.24. The summed E-state index contributed by atoms with van der Waals surface area (Å²) in [6.45, 7) is 3.96. The van der Waals surface area contributed by atoms with Gasteiger partial charge >= 0.3 is 0 Å². The molecular formula is C16H23N3O4S2. The Balaban J connectivity index is 1.92. The molecule has 1 heterocycles. The van der Waals surface area contributed by atoms with Gasteiger partial charge in [-0.3, -0.25) is 9.59 Å². The van der Waals surface area contributed by atoms with Gasteiger partial charge in [0.25, 0.3) is 0 Å². The molecule has 1 aromatic rings. The van der Waals surface area contributed by atoms with Crippen LogP contribution in [-0.2, 0) is 26.2 Å². The van der Waals surface area contributed by atoms with Crippen LogP contribution in [0.3, 0.4) is 0 Å². The van der Waals surface area contributed by atoms with E-state index in [2.05, 4.69) is 5.32 Å². The summed E-state index contributed by atoms with van der Waals surface area (Å²) in [6.07, 6.45) is 0. The van der Waals surface area contributed by atoms with E-state index in [4.69, 9.17) is 0 Å². The third kappa shape index (κ3) is 4.96. The van der Waals surface area contributed by atoms with Gasteiger partial charge in [0.2, 0.25) is 21.8 Å². The second-order valence-electron chi connectivity index (χ2n) is 6.10. The summed E-state index contributed by atoms with van der Waals surface area (Å²) in [7, 11) is -1.96. The molecule has 0 radical (unpaired) electrons. The molecule has 2 rings (SSSR count). The van der Waals surface area contributed by atoms with E-state index >= 15 is 0 Å². The third-order valence-electron chi connectivity index (χ3n) is 3.98. The molecule has 0 unspecified atom stereocenters. The standard InChI is InChI=1S/C16H23N3O4S2/c1-12(2)18(3)25(22,23)14-6-4-13(5-7-14)8-17-15(20)9-19-11-24-10-16(19)21/h4-7,12H,8-11H2,1-3H3,(H,17,20). The SMILES string of the molecule is CC(C)N(C)S(=O)(=O)c1ccc(CNC(=O)CN2CSCC2=O)cc1. The first kappa shape index (κ1) is 19.7. The van der Waals surface area contributed by atoms with E-state index < -0.39 is 10.0 Å². The second-order valence-corrected chi connectivity index (χ2v) is 9.06. The van der Waals surface area contributed by atoms with Crippen LogP contribution in [0, 0.1) is 0 Å².